The number of amidine groups is 1. The molecule has 0 aliphatic carbocycles. The van der Waals surface area contributed by atoms with Crippen LogP contribution in [-0.4, -0.2) is 40.3 Å². The monoisotopic (exact) mass is 248 g/mol. The summed E-state index contributed by atoms with van der Waals surface area (Å²) in [6, 6.07) is 0. The molecule has 1 fully saturated rings. The van der Waals surface area contributed by atoms with E-state index in [1.165, 1.54) is 31.1 Å². The maximum absolute atomic E-state index is 4.55. The molecule has 1 saturated heterocycles. The van der Waals surface area contributed by atoms with Crippen LogP contribution in [-0.2, 0) is 0 Å². The zero-order valence-corrected chi connectivity index (χ0v) is 9.40. The second-order valence-electron chi connectivity index (χ2n) is 3.21. The molecule has 0 amide bonds. The molecule has 12 heavy (non-hydrogen) atoms. The Balaban J connectivity index is 1.89. The molecule has 2 aliphatic heterocycles. The minimum absolute atomic E-state index is 0.681. The van der Waals surface area contributed by atoms with Crippen LogP contribution >= 0.6 is 27.7 Å². The lowest BCUT2D eigenvalue weighted by atomic mass is 10.4. The van der Waals surface area contributed by atoms with E-state index in [9.17, 15) is 0 Å². The normalized spacial score (nSPS) is 29.6. The summed E-state index contributed by atoms with van der Waals surface area (Å²) in [6.07, 6.45) is 2.69. The molecular weight excluding hydrogens is 236 g/mol. The van der Waals surface area contributed by atoms with E-state index in [0.29, 0.717) is 5.25 Å². The molecule has 4 heteroatoms. The fraction of sp³-hybridized carbons (Fsp3) is 0.875. The quantitative estimate of drug-likeness (QED) is 0.660. The van der Waals surface area contributed by atoms with Crippen molar-refractivity contribution in [3.05, 3.63) is 0 Å². The number of rotatable bonds is 1. The standard InChI is InChI=1S/C8H13BrN2S/c9-5-7-6-10-8(12-7)11-3-1-2-4-11/h7H,1-6H2/t7-/m1/s1. The maximum atomic E-state index is 4.55. The van der Waals surface area contributed by atoms with Crippen LogP contribution in [0.4, 0.5) is 0 Å². The van der Waals surface area contributed by atoms with Crippen molar-refractivity contribution in [3.8, 4) is 0 Å². The Morgan fingerprint density at radius 3 is 2.83 bits per heavy atom. The van der Waals surface area contributed by atoms with Crippen molar-refractivity contribution in [1.82, 2.24) is 4.90 Å². The molecule has 2 nitrogen and oxygen atoms in total. The summed E-state index contributed by atoms with van der Waals surface area (Å²) in [5.41, 5.74) is 0. The smallest absolute Gasteiger partial charge is 0.159 e. The van der Waals surface area contributed by atoms with E-state index in [0.717, 1.165) is 11.9 Å². The van der Waals surface area contributed by atoms with Crippen LogP contribution in [0.5, 0.6) is 0 Å². The van der Waals surface area contributed by atoms with Crippen molar-refractivity contribution in [2.24, 2.45) is 4.99 Å². The number of aliphatic imine (C=N–C) groups is 1. The molecule has 0 radical (unpaired) electrons. The molecule has 0 aromatic carbocycles. The van der Waals surface area contributed by atoms with Crippen LogP contribution in [0.2, 0.25) is 0 Å². The van der Waals surface area contributed by atoms with Crippen LogP contribution in [0, 0.1) is 0 Å². The fourth-order valence-corrected chi connectivity index (χ4v) is 3.16. The Labute approximate surface area is 85.9 Å². The first-order valence-electron chi connectivity index (χ1n) is 4.42. The van der Waals surface area contributed by atoms with Crippen molar-refractivity contribution in [2.45, 2.75) is 18.1 Å². The van der Waals surface area contributed by atoms with Gasteiger partial charge < -0.3 is 4.90 Å². The first-order chi connectivity index (χ1) is 5.90. The SMILES string of the molecule is BrC[C@@H]1CN=C(N2CCCC2)S1. The number of nitrogens with zero attached hydrogens (tertiary/aromatic N) is 2. The molecule has 0 aromatic heterocycles. The molecule has 2 heterocycles. The zero-order valence-electron chi connectivity index (χ0n) is 7.00. The predicted octanol–water partition coefficient (Wildman–Crippen LogP) is 1.95. The lowest BCUT2D eigenvalue weighted by Crippen LogP contribution is -2.24. The van der Waals surface area contributed by atoms with Crippen molar-refractivity contribution < 1.29 is 0 Å². The summed E-state index contributed by atoms with van der Waals surface area (Å²) < 4.78 is 0. The van der Waals surface area contributed by atoms with Crippen molar-refractivity contribution >= 4 is 32.9 Å². The van der Waals surface area contributed by atoms with Gasteiger partial charge in [0.15, 0.2) is 5.17 Å². The third-order valence-corrected chi connectivity index (χ3v) is 4.71. The van der Waals surface area contributed by atoms with Gasteiger partial charge in [-0.3, -0.25) is 4.99 Å². The number of halogens is 1. The van der Waals surface area contributed by atoms with Gasteiger partial charge in [-0.15, -0.1) is 0 Å². The minimum Gasteiger partial charge on any atom is -0.351 e. The summed E-state index contributed by atoms with van der Waals surface area (Å²) in [5.74, 6) is 0. The highest BCUT2D eigenvalue weighted by molar-refractivity contribution is 9.09. The maximum Gasteiger partial charge on any atom is 0.159 e. The molecule has 0 spiro atoms. The first-order valence-corrected chi connectivity index (χ1v) is 6.42. The van der Waals surface area contributed by atoms with Gasteiger partial charge in [-0.1, -0.05) is 27.7 Å². The van der Waals surface area contributed by atoms with E-state index in [2.05, 4.69) is 25.8 Å². The second kappa shape index (κ2) is 4.01. The van der Waals surface area contributed by atoms with E-state index in [1.54, 1.807) is 0 Å². The third kappa shape index (κ3) is 1.79. The topological polar surface area (TPSA) is 15.6 Å². The van der Waals surface area contributed by atoms with Crippen LogP contribution < -0.4 is 0 Å². The van der Waals surface area contributed by atoms with Gasteiger partial charge >= 0.3 is 0 Å². The minimum atomic E-state index is 0.681. The van der Waals surface area contributed by atoms with Gasteiger partial charge in [-0.05, 0) is 12.8 Å². The number of likely N-dealkylation sites (tertiary alicyclic amines) is 1. The molecule has 1 atom stereocenters. The van der Waals surface area contributed by atoms with Crippen LogP contribution in [0.3, 0.4) is 0 Å². The van der Waals surface area contributed by atoms with Gasteiger partial charge in [0.2, 0.25) is 0 Å². The van der Waals surface area contributed by atoms with E-state index in [-0.39, 0.29) is 0 Å². The summed E-state index contributed by atoms with van der Waals surface area (Å²) in [4.78, 5) is 6.97. The highest BCUT2D eigenvalue weighted by atomic mass is 79.9. The van der Waals surface area contributed by atoms with Crippen LogP contribution in [0.15, 0.2) is 4.99 Å². The Morgan fingerprint density at radius 2 is 2.25 bits per heavy atom. The van der Waals surface area contributed by atoms with Gasteiger partial charge in [-0.2, -0.15) is 0 Å². The second-order valence-corrected chi connectivity index (χ2v) is 5.13. The van der Waals surface area contributed by atoms with E-state index >= 15 is 0 Å². The number of alkyl halides is 1. The van der Waals surface area contributed by atoms with E-state index in [4.69, 9.17) is 0 Å². The fourth-order valence-electron chi connectivity index (χ4n) is 1.57. The van der Waals surface area contributed by atoms with E-state index < -0.39 is 0 Å². The van der Waals surface area contributed by atoms with Gasteiger partial charge in [0.1, 0.15) is 0 Å². The van der Waals surface area contributed by atoms with Crippen molar-refractivity contribution in [2.75, 3.05) is 25.0 Å². The zero-order chi connectivity index (χ0) is 8.39. The van der Waals surface area contributed by atoms with Gasteiger partial charge in [-0.25, -0.2) is 0 Å². The van der Waals surface area contributed by atoms with Crippen molar-refractivity contribution in [3.63, 3.8) is 0 Å². The predicted molar refractivity (Wildman–Crippen MR) is 58.3 cm³/mol. The van der Waals surface area contributed by atoms with Gasteiger partial charge in [0.05, 0.1) is 6.54 Å². The molecule has 2 rings (SSSR count). The summed E-state index contributed by atoms with van der Waals surface area (Å²) in [6.45, 7) is 3.45. The van der Waals surface area contributed by atoms with Crippen molar-refractivity contribution in [1.29, 1.82) is 0 Å². The van der Waals surface area contributed by atoms with Crippen LogP contribution in [0.1, 0.15) is 12.8 Å². The molecule has 0 unspecified atom stereocenters. The van der Waals surface area contributed by atoms with Gasteiger partial charge in [0.25, 0.3) is 0 Å². The Hall–Kier alpha value is 0.300. The summed E-state index contributed by atoms with van der Waals surface area (Å²) >= 11 is 5.44. The summed E-state index contributed by atoms with van der Waals surface area (Å²) in [7, 11) is 0. The lowest BCUT2D eigenvalue weighted by molar-refractivity contribution is 0.530. The highest BCUT2D eigenvalue weighted by Crippen LogP contribution is 2.26. The number of thioether (sulfide) groups is 1. The lowest BCUT2D eigenvalue weighted by Gasteiger charge is -2.16. The Bertz CT molecular complexity index is 189. The molecule has 68 valence electrons. The molecule has 0 N–H and O–H groups in total. The molecule has 2 aliphatic rings. The average molecular weight is 249 g/mol. The molecule has 0 bridgehead atoms. The largest absolute Gasteiger partial charge is 0.351 e. The van der Waals surface area contributed by atoms with E-state index in [1.807, 2.05) is 11.8 Å². The first kappa shape index (κ1) is 8.88. The Morgan fingerprint density at radius 1 is 1.50 bits per heavy atom. The molecule has 0 aromatic rings. The van der Waals surface area contributed by atoms with Crippen LogP contribution in [0.25, 0.3) is 0 Å². The number of hydrogen-bond donors (Lipinski definition) is 0. The molecule has 0 saturated carbocycles. The average Bonchev–Trinajstić information content (AvgIpc) is 2.75. The summed E-state index contributed by atoms with van der Waals surface area (Å²) in [5, 5.41) is 3.04. The van der Waals surface area contributed by atoms with Gasteiger partial charge in [0, 0.05) is 23.7 Å². The third-order valence-electron chi connectivity index (χ3n) is 2.25. The Kier molecular flexibility index (Phi) is 2.96. The molecular formula is C8H13BrN2S. The number of hydrogen-bond acceptors (Lipinski definition) is 3. The highest BCUT2D eigenvalue weighted by Gasteiger charge is 2.24.